The van der Waals surface area contributed by atoms with Gasteiger partial charge >= 0.3 is 5.97 Å². The summed E-state index contributed by atoms with van der Waals surface area (Å²) in [5.74, 6) is 0.0982. The molecule has 0 aliphatic carbocycles. The molecule has 0 bridgehead atoms. The van der Waals surface area contributed by atoms with Gasteiger partial charge in [-0.15, -0.1) is 0 Å². The average Bonchev–Trinajstić information content (AvgIpc) is 3.50. The van der Waals surface area contributed by atoms with E-state index in [1.165, 1.54) is 17.5 Å². The van der Waals surface area contributed by atoms with Crippen LogP contribution in [-0.4, -0.2) is 37.7 Å². The summed E-state index contributed by atoms with van der Waals surface area (Å²) in [6, 6.07) is 19.2. The van der Waals surface area contributed by atoms with Gasteiger partial charge in [-0.1, -0.05) is 54.1 Å². The smallest absolute Gasteiger partial charge is 0.307 e. The molecule has 194 valence electrons. The van der Waals surface area contributed by atoms with Crippen molar-refractivity contribution < 1.29 is 32.5 Å². The molecule has 2 aliphatic heterocycles. The van der Waals surface area contributed by atoms with E-state index in [-0.39, 0.29) is 23.9 Å². The van der Waals surface area contributed by atoms with Crippen molar-refractivity contribution in [1.29, 1.82) is 0 Å². The van der Waals surface area contributed by atoms with E-state index in [4.69, 9.17) is 14.2 Å². The lowest BCUT2D eigenvalue weighted by Crippen LogP contribution is -2.35. The Morgan fingerprint density at radius 1 is 1.00 bits per heavy atom. The zero-order chi connectivity index (χ0) is 26.6. The first-order valence-corrected chi connectivity index (χ1v) is 13.5. The highest BCUT2D eigenvalue weighted by Gasteiger charge is 2.49. The zero-order valence-electron chi connectivity index (χ0n) is 20.7. The summed E-state index contributed by atoms with van der Waals surface area (Å²) in [7, 11) is -2.90. The molecule has 0 saturated carbocycles. The number of ether oxygens (including phenoxy) is 3. The Balaban J connectivity index is 1.66. The molecule has 2 heterocycles. The first-order chi connectivity index (χ1) is 18.3. The van der Waals surface area contributed by atoms with Gasteiger partial charge in [-0.2, -0.15) is 4.31 Å². The van der Waals surface area contributed by atoms with E-state index in [1.807, 2.05) is 43.3 Å². The van der Waals surface area contributed by atoms with Gasteiger partial charge in [0.05, 0.1) is 30.5 Å². The molecule has 9 heteroatoms. The summed E-state index contributed by atoms with van der Waals surface area (Å²) in [4.78, 5) is 12.8. The van der Waals surface area contributed by atoms with Crippen molar-refractivity contribution in [3.8, 4) is 17.2 Å². The van der Waals surface area contributed by atoms with E-state index >= 15 is 0 Å². The number of methoxy groups -OCH3 is 1. The van der Waals surface area contributed by atoms with Crippen molar-refractivity contribution >= 4 is 26.8 Å². The van der Waals surface area contributed by atoms with Crippen LogP contribution in [0.25, 0.3) is 10.8 Å². The van der Waals surface area contributed by atoms with Crippen LogP contribution in [0.3, 0.4) is 0 Å². The minimum atomic E-state index is -4.18. The van der Waals surface area contributed by atoms with Crippen LogP contribution in [-0.2, 0) is 19.6 Å². The lowest BCUT2D eigenvalue weighted by atomic mass is 9.91. The Bertz CT molecular complexity index is 1680. The molecule has 8 nitrogen and oxygen atoms in total. The molecular formula is C29H25NO7S. The zero-order valence-corrected chi connectivity index (χ0v) is 21.6. The Morgan fingerprint density at radius 3 is 2.45 bits per heavy atom. The van der Waals surface area contributed by atoms with E-state index < -0.39 is 28.1 Å². The molecule has 0 spiro atoms. The maximum Gasteiger partial charge on any atom is 0.307 e. The van der Waals surface area contributed by atoms with E-state index in [9.17, 15) is 18.3 Å². The number of nitrogens with zero attached hydrogens (tertiary/aromatic N) is 1. The molecule has 0 amide bonds. The van der Waals surface area contributed by atoms with Gasteiger partial charge in [-0.25, -0.2) is 8.42 Å². The number of benzene rings is 4. The molecule has 6 rings (SSSR count). The molecule has 4 aromatic carbocycles. The third kappa shape index (κ3) is 3.77. The Labute approximate surface area is 220 Å². The SMILES string of the molecule is COC(=O)CC1c2c(ccc3ccccc23)[C@@H](c2cc3c(cc2O)OCO3)N1S(=O)(=O)c1ccc(C)cc1. The molecule has 0 fully saturated rings. The summed E-state index contributed by atoms with van der Waals surface area (Å²) in [6.07, 6.45) is -0.204. The van der Waals surface area contributed by atoms with Gasteiger partial charge < -0.3 is 19.3 Å². The topological polar surface area (TPSA) is 102 Å². The summed E-state index contributed by atoms with van der Waals surface area (Å²) in [5, 5.41) is 12.9. The molecular weight excluding hydrogens is 506 g/mol. The van der Waals surface area contributed by atoms with Crippen molar-refractivity contribution in [3.05, 3.63) is 95.1 Å². The number of phenolic OH excluding ortho intramolecular Hbond substituents is 1. The molecule has 4 aromatic rings. The Hall–Kier alpha value is -4.08. The van der Waals surface area contributed by atoms with Crippen molar-refractivity contribution in [2.45, 2.75) is 30.3 Å². The van der Waals surface area contributed by atoms with Crippen molar-refractivity contribution in [1.82, 2.24) is 4.31 Å². The normalized spacial score (nSPS) is 18.5. The minimum absolute atomic E-state index is 0.000459. The lowest BCUT2D eigenvalue weighted by Gasteiger charge is -2.30. The Morgan fingerprint density at radius 2 is 1.71 bits per heavy atom. The highest BCUT2D eigenvalue weighted by Crippen LogP contribution is 2.55. The van der Waals surface area contributed by atoms with E-state index in [1.54, 1.807) is 30.3 Å². The van der Waals surface area contributed by atoms with Crippen LogP contribution in [0, 0.1) is 6.92 Å². The third-order valence-corrected chi connectivity index (χ3v) is 9.08. The quantitative estimate of drug-likeness (QED) is 0.362. The van der Waals surface area contributed by atoms with Gasteiger partial charge in [-0.05, 0) is 47.0 Å². The van der Waals surface area contributed by atoms with Crippen LogP contribution in [0.2, 0.25) is 0 Å². The maximum atomic E-state index is 14.4. The van der Waals surface area contributed by atoms with Crippen LogP contribution in [0.5, 0.6) is 17.2 Å². The predicted octanol–water partition coefficient (Wildman–Crippen LogP) is 4.98. The van der Waals surface area contributed by atoms with Crippen molar-refractivity contribution in [2.24, 2.45) is 0 Å². The van der Waals surface area contributed by atoms with Crippen LogP contribution in [0.15, 0.2) is 77.7 Å². The monoisotopic (exact) mass is 531 g/mol. The highest BCUT2D eigenvalue weighted by atomic mass is 32.2. The number of fused-ring (bicyclic) bond motifs is 4. The summed E-state index contributed by atoms with van der Waals surface area (Å²) in [6.45, 7) is 1.88. The molecule has 1 unspecified atom stereocenters. The van der Waals surface area contributed by atoms with E-state index in [2.05, 4.69) is 0 Å². The largest absolute Gasteiger partial charge is 0.507 e. The number of sulfonamides is 1. The summed E-state index contributed by atoms with van der Waals surface area (Å²) in [5.41, 5.74) is 2.61. The van der Waals surface area contributed by atoms with Crippen LogP contribution < -0.4 is 9.47 Å². The number of carbonyl (C=O) groups is 1. The van der Waals surface area contributed by atoms with Crippen LogP contribution in [0.1, 0.15) is 40.8 Å². The first-order valence-electron chi connectivity index (χ1n) is 12.1. The molecule has 2 atom stereocenters. The predicted molar refractivity (Wildman–Crippen MR) is 140 cm³/mol. The second-order valence-electron chi connectivity index (χ2n) is 9.40. The summed E-state index contributed by atoms with van der Waals surface area (Å²) < 4.78 is 46.1. The van der Waals surface area contributed by atoms with Gasteiger partial charge in [0, 0.05) is 11.6 Å². The fourth-order valence-electron chi connectivity index (χ4n) is 5.41. The standard InChI is InChI=1S/C29H25NO7S/c1-17-7-10-19(11-8-17)38(33,34)30-23(14-27(32)35-2)28-20-6-4-3-5-18(20)9-12-21(28)29(30)22-13-25-26(15-24(22)31)37-16-36-25/h3-13,15,23,29,31H,14,16H2,1-2H3/t23?,29-/m0/s1. The Kier molecular flexibility index (Phi) is 5.77. The minimum Gasteiger partial charge on any atom is -0.507 e. The first kappa shape index (κ1) is 24.3. The second-order valence-corrected chi connectivity index (χ2v) is 11.2. The highest BCUT2D eigenvalue weighted by molar-refractivity contribution is 7.89. The number of hydrogen-bond donors (Lipinski definition) is 1. The molecule has 0 radical (unpaired) electrons. The number of esters is 1. The third-order valence-electron chi connectivity index (χ3n) is 7.19. The number of rotatable bonds is 5. The fourth-order valence-corrected chi connectivity index (χ4v) is 7.15. The van der Waals surface area contributed by atoms with Gasteiger partial charge in [0.25, 0.3) is 0 Å². The summed E-state index contributed by atoms with van der Waals surface area (Å²) >= 11 is 0. The lowest BCUT2D eigenvalue weighted by molar-refractivity contribution is -0.141. The molecule has 1 N–H and O–H groups in total. The van der Waals surface area contributed by atoms with Crippen LogP contribution >= 0.6 is 0 Å². The van der Waals surface area contributed by atoms with Gasteiger partial charge in [-0.3, -0.25) is 4.79 Å². The van der Waals surface area contributed by atoms with E-state index in [0.717, 1.165) is 16.3 Å². The number of phenols is 1. The molecule has 0 aromatic heterocycles. The second kappa shape index (κ2) is 9.04. The number of carbonyl (C=O) groups excluding carboxylic acids is 1. The number of hydrogen-bond acceptors (Lipinski definition) is 7. The van der Waals surface area contributed by atoms with Gasteiger partial charge in [0.1, 0.15) is 5.75 Å². The maximum absolute atomic E-state index is 14.4. The number of aryl methyl sites for hydroxylation is 1. The molecule has 2 aliphatic rings. The van der Waals surface area contributed by atoms with Crippen molar-refractivity contribution in [3.63, 3.8) is 0 Å². The van der Waals surface area contributed by atoms with Crippen LogP contribution in [0.4, 0.5) is 0 Å². The van der Waals surface area contributed by atoms with E-state index in [0.29, 0.717) is 28.2 Å². The van der Waals surface area contributed by atoms with Crippen molar-refractivity contribution in [2.75, 3.05) is 13.9 Å². The van der Waals surface area contributed by atoms with Gasteiger partial charge in [0.15, 0.2) is 11.5 Å². The number of aromatic hydroxyl groups is 1. The molecule has 38 heavy (non-hydrogen) atoms. The molecule has 0 saturated heterocycles. The van der Waals surface area contributed by atoms with Gasteiger partial charge in [0.2, 0.25) is 16.8 Å². The average molecular weight is 532 g/mol. The fraction of sp³-hybridized carbons (Fsp3) is 0.207.